The molecular weight excluding hydrogens is 240 g/mol. The standard InChI is InChI=1S/C15H30N2O2/c1-12(9-10-18)11-16-15(19)17-13(2)7-8-14-5-3-4-6-14/h12-14,18H,3-11H2,1-2H3,(H2,16,17,19). The second kappa shape index (κ2) is 9.18. The van der Waals surface area contributed by atoms with E-state index < -0.39 is 0 Å². The van der Waals surface area contributed by atoms with Crippen molar-refractivity contribution < 1.29 is 9.90 Å². The smallest absolute Gasteiger partial charge is 0.315 e. The molecule has 0 radical (unpaired) electrons. The second-order valence-electron chi connectivity index (χ2n) is 6.10. The summed E-state index contributed by atoms with van der Waals surface area (Å²) in [5.74, 6) is 1.21. The average molecular weight is 270 g/mol. The molecule has 0 aromatic carbocycles. The highest BCUT2D eigenvalue weighted by Gasteiger charge is 2.16. The van der Waals surface area contributed by atoms with Crippen LogP contribution in [0.5, 0.6) is 0 Å². The summed E-state index contributed by atoms with van der Waals surface area (Å²) in [6.45, 7) is 4.91. The summed E-state index contributed by atoms with van der Waals surface area (Å²) < 4.78 is 0. The molecule has 112 valence electrons. The third-order valence-electron chi connectivity index (χ3n) is 4.09. The van der Waals surface area contributed by atoms with Gasteiger partial charge in [0.25, 0.3) is 0 Å². The number of aliphatic hydroxyl groups is 1. The van der Waals surface area contributed by atoms with Gasteiger partial charge in [-0.25, -0.2) is 4.79 Å². The molecule has 0 aromatic rings. The van der Waals surface area contributed by atoms with Gasteiger partial charge in [-0.1, -0.05) is 32.6 Å². The van der Waals surface area contributed by atoms with E-state index in [1.54, 1.807) is 0 Å². The van der Waals surface area contributed by atoms with Crippen LogP contribution in [0.2, 0.25) is 0 Å². The van der Waals surface area contributed by atoms with Gasteiger partial charge in [0.1, 0.15) is 0 Å². The number of aliphatic hydroxyl groups excluding tert-OH is 1. The maximum Gasteiger partial charge on any atom is 0.315 e. The highest BCUT2D eigenvalue weighted by molar-refractivity contribution is 5.74. The van der Waals surface area contributed by atoms with Gasteiger partial charge in [0.2, 0.25) is 0 Å². The second-order valence-corrected chi connectivity index (χ2v) is 6.10. The van der Waals surface area contributed by atoms with Gasteiger partial charge in [0.15, 0.2) is 0 Å². The molecule has 1 fully saturated rings. The summed E-state index contributed by atoms with van der Waals surface area (Å²) in [5.41, 5.74) is 0. The lowest BCUT2D eigenvalue weighted by molar-refractivity contribution is 0.230. The van der Waals surface area contributed by atoms with Gasteiger partial charge in [0.05, 0.1) is 0 Å². The molecule has 4 nitrogen and oxygen atoms in total. The van der Waals surface area contributed by atoms with Gasteiger partial charge in [-0.05, 0) is 38.0 Å². The fraction of sp³-hybridized carbons (Fsp3) is 0.933. The molecule has 2 amide bonds. The van der Waals surface area contributed by atoms with Gasteiger partial charge in [0, 0.05) is 19.2 Å². The van der Waals surface area contributed by atoms with E-state index in [9.17, 15) is 4.79 Å². The van der Waals surface area contributed by atoms with Gasteiger partial charge in [-0.2, -0.15) is 0 Å². The van der Waals surface area contributed by atoms with Crippen molar-refractivity contribution >= 4 is 6.03 Å². The molecule has 1 aliphatic rings. The molecule has 1 rings (SSSR count). The number of nitrogens with one attached hydrogen (secondary N) is 2. The lowest BCUT2D eigenvalue weighted by Crippen LogP contribution is -2.42. The maximum absolute atomic E-state index is 11.7. The number of rotatable bonds is 8. The minimum atomic E-state index is -0.0799. The molecule has 3 N–H and O–H groups in total. The van der Waals surface area contributed by atoms with Crippen molar-refractivity contribution in [1.29, 1.82) is 0 Å². The zero-order chi connectivity index (χ0) is 14.1. The van der Waals surface area contributed by atoms with E-state index in [0.29, 0.717) is 12.5 Å². The van der Waals surface area contributed by atoms with Crippen molar-refractivity contribution in [2.24, 2.45) is 11.8 Å². The molecule has 0 aliphatic heterocycles. The van der Waals surface area contributed by atoms with Crippen molar-refractivity contribution in [2.75, 3.05) is 13.2 Å². The number of amides is 2. The Morgan fingerprint density at radius 1 is 1.26 bits per heavy atom. The van der Waals surface area contributed by atoms with Crippen LogP contribution < -0.4 is 10.6 Å². The summed E-state index contributed by atoms with van der Waals surface area (Å²) in [7, 11) is 0. The third-order valence-corrected chi connectivity index (χ3v) is 4.09. The predicted molar refractivity (Wildman–Crippen MR) is 78.1 cm³/mol. The topological polar surface area (TPSA) is 61.4 Å². The Kier molecular flexibility index (Phi) is 7.87. The van der Waals surface area contributed by atoms with Crippen LogP contribution in [0, 0.1) is 11.8 Å². The summed E-state index contributed by atoms with van der Waals surface area (Å²) in [5, 5.41) is 14.6. The predicted octanol–water partition coefficient (Wildman–Crippen LogP) is 2.66. The average Bonchev–Trinajstić information content (AvgIpc) is 2.87. The fourth-order valence-corrected chi connectivity index (χ4v) is 2.72. The van der Waals surface area contributed by atoms with Crippen molar-refractivity contribution in [2.45, 2.75) is 64.8 Å². The van der Waals surface area contributed by atoms with Crippen molar-refractivity contribution in [3.8, 4) is 0 Å². The molecule has 0 saturated heterocycles. The molecule has 19 heavy (non-hydrogen) atoms. The highest BCUT2D eigenvalue weighted by Crippen LogP contribution is 2.28. The molecule has 0 spiro atoms. The van der Waals surface area contributed by atoms with Gasteiger partial charge < -0.3 is 15.7 Å². The first-order valence-electron chi connectivity index (χ1n) is 7.77. The molecule has 2 atom stereocenters. The van der Waals surface area contributed by atoms with Gasteiger partial charge >= 0.3 is 6.03 Å². The summed E-state index contributed by atoms with van der Waals surface area (Å²) in [4.78, 5) is 11.7. The molecule has 1 saturated carbocycles. The summed E-state index contributed by atoms with van der Waals surface area (Å²) in [6.07, 6.45) is 8.56. The Hall–Kier alpha value is -0.770. The van der Waals surface area contributed by atoms with Crippen LogP contribution in [-0.4, -0.2) is 30.3 Å². The number of urea groups is 1. The zero-order valence-electron chi connectivity index (χ0n) is 12.5. The van der Waals surface area contributed by atoms with E-state index in [-0.39, 0.29) is 18.7 Å². The lowest BCUT2D eigenvalue weighted by Gasteiger charge is -2.18. The van der Waals surface area contributed by atoms with Crippen LogP contribution in [0.15, 0.2) is 0 Å². The van der Waals surface area contributed by atoms with Crippen LogP contribution in [0.25, 0.3) is 0 Å². The molecule has 0 heterocycles. The Morgan fingerprint density at radius 2 is 1.95 bits per heavy atom. The molecule has 2 unspecified atom stereocenters. The SMILES string of the molecule is CC(CCO)CNC(=O)NC(C)CCC1CCCC1. The number of hydrogen-bond donors (Lipinski definition) is 3. The van der Waals surface area contributed by atoms with Crippen LogP contribution in [0.3, 0.4) is 0 Å². The first-order chi connectivity index (χ1) is 9.11. The zero-order valence-corrected chi connectivity index (χ0v) is 12.5. The van der Waals surface area contributed by atoms with E-state index in [2.05, 4.69) is 17.6 Å². The Morgan fingerprint density at radius 3 is 2.58 bits per heavy atom. The van der Waals surface area contributed by atoms with E-state index in [1.165, 1.54) is 32.1 Å². The first kappa shape index (κ1) is 16.3. The highest BCUT2D eigenvalue weighted by atomic mass is 16.3. The van der Waals surface area contributed by atoms with Gasteiger partial charge in [-0.3, -0.25) is 0 Å². The summed E-state index contributed by atoms with van der Waals surface area (Å²) in [6, 6.07) is 0.164. The number of carbonyl (C=O) groups excluding carboxylic acids is 1. The number of carbonyl (C=O) groups is 1. The van der Waals surface area contributed by atoms with E-state index in [1.807, 2.05) is 6.92 Å². The van der Waals surface area contributed by atoms with E-state index >= 15 is 0 Å². The van der Waals surface area contributed by atoms with E-state index in [0.717, 1.165) is 18.8 Å². The van der Waals surface area contributed by atoms with Crippen LogP contribution in [0.4, 0.5) is 4.79 Å². The monoisotopic (exact) mass is 270 g/mol. The van der Waals surface area contributed by atoms with Crippen LogP contribution in [-0.2, 0) is 0 Å². The molecule has 0 aromatic heterocycles. The quantitative estimate of drug-likeness (QED) is 0.635. The first-order valence-corrected chi connectivity index (χ1v) is 7.77. The molecule has 1 aliphatic carbocycles. The maximum atomic E-state index is 11.7. The minimum Gasteiger partial charge on any atom is -0.396 e. The lowest BCUT2D eigenvalue weighted by atomic mass is 9.99. The minimum absolute atomic E-state index is 0.0799. The van der Waals surface area contributed by atoms with Crippen molar-refractivity contribution in [3.63, 3.8) is 0 Å². The molecule has 4 heteroatoms. The Balaban J connectivity index is 2.06. The normalized spacial score (nSPS) is 19.1. The van der Waals surface area contributed by atoms with Crippen LogP contribution in [0.1, 0.15) is 58.8 Å². The van der Waals surface area contributed by atoms with Crippen molar-refractivity contribution in [1.82, 2.24) is 10.6 Å². The largest absolute Gasteiger partial charge is 0.396 e. The van der Waals surface area contributed by atoms with E-state index in [4.69, 9.17) is 5.11 Å². The Bertz CT molecular complexity index is 253. The van der Waals surface area contributed by atoms with Crippen molar-refractivity contribution in [3.05, 3.63) is 0 Å². The third kappa shape index (κ3) is 7.41. The fourth-order valence-electron chi connectivity index (χ4n) is 2.72. The molecule has 0 bridgehead atoms. The van der Waals surface area contributed by atoms with Crippen LogP contribution >= 0.6 is 0 Å². The molecular formula is C15H30N2O2. The summed E-state index contributed by atoms with van der Waals surface area (Å²) >= 11 is 0. The number of hydrogen-bond acceptors (Lipinski definition) is 2. The Labute approximate surface area is 117 Å². The van der Waals surface area contributed by atoms with Gasteiger partial charge in [-0.15, -0.1) is 0 Å².